The Morgan fingerprint density at radius 1 is 0.964 bits per heavy atom. The van der Waals surface area contributed by atoms with Gasteiger partial charge in [-0.1, -0.05) is 46.8 Å². The average Bonchev–Trinajstić information content (AvgIpc) is 2.57. The van der Waals surface area contributed by atoms with Crippen LogP contribution in [0.2, 0.25) is 0 Å². The zero-order valence-corrected chi connectivity index (χ0v) is 18.4. The standard InChI is InChI=1S/C24H33NO3/c1-16-13-19(25-22(26)23(3,4)5)14-17(2)21(16)28-20-11-9-18(10-12-20)24(6,7)15-27-8/h9-14H,15H2,1-8H3,(H,25,26). The van der Waals surface area contributed by atoms with Gasteiger partial charge in [-0.2, -0.15) is 0 Å². The highest BCUT2D eigenvalue weighted by Crippen LogP contribution is 2.33. The van der Waals surface area contributed by atoms with E-state index in [2.05, 4.69) is 31.3 Å². The van der Waals surface area contributed by atoms with Crippen LogP contribution in [0.1, 0.15) is 51.3 Å². The Morgan fingerprint density at radius 2 is 1.50 bits per heavy atom. The van der Waals surface area contributed by atoms with Gasteiger partial charge in [0.15, 0.2) is 0 Å². The van der Waals surface area contributed by atoms with Crippen LogP contribution in [0.15, 0.2) is 36.4 Å². The molecular formula is C24H33NO3. The Hall–Kier alpha value is -2.33. The van der Waals surface area contributed by atoms with Crippen molar-refractivity contribution >= 4 is 11.6 Å². The van der Waals surface area contributed by atoms with Crippen LogP contribution in [0, 0.1) is 19.3 Å². The molecule has 28 heavy (non-hydrogen) atoms. The van der Waals surface area contributed by atoms with Gasteiger partial charge in [0.05, 0.1) is 6.61 Å². The first kappa shape index (κ1) is 22.0. The van der Waals surface area contributed by atoms with Crippen LogP contribution in [0.3, 0.4) is 0 Å². The molecule has 0 aliphatic rings. The maximum Gasteiger partial charge on any atom is 0.229 e. The molecule has 0 spiro atoms. The van der Waals surface area contributed by atoms with Gasteiger partial charge in [0.1, 0.15) is 11.5 Å². The van der Waals surface area contributed by atoms with E-state index < -0.39 is 5.41 Å². The minimum absolute atomic E-state index is 0.00534. The molecule has 152 valence electrons. The van der Waals surface area contributed by atoms with Crippen molar-refractivity contribution in [3.8, 4) is 11.5 Å². The summed E-state index contributed by atoms with van der Waals surface area (Å²) in [6.45, 7) is 14.7. The molecule has 0 aromatic heterocycles. The van der Waals surface area contributed by atoms with Gasteiger partial charge in [-0.05, 0) is 54.8 Å². The van der Waals surface area contributed by atoms with Gasteiger partial charge in [0.25, 0.3) is 0 Å². The third-order valence-corrected chi connectivity index (χ3v) is 4.76. The SMILES string of the molecule is COCC(C)(C)c1ccc(Oc2c(C)cc(NC(=O)C(C)(C)C)cc2C)cc1. The van der Waals surface area contributed by atoms with Crippen LogP contribution in [-0.2, 0) is 14.9 Å². The molecule has 0 fully saturated rings. The van der Waals surface area contributed by atoms with Crippen molar-refractivity contribution in [3.63, 3.8) is 0 Å². The number of aryl methyl sites for hydroxylation is 2. The van der Waals surface area contributed by atoms with E-state index in [1.165, 1.54) is 5.56 Å². The number of nitrogens with one attached hydrogen (secondary N) is 1. The van der Waals surface area contributed by atoms with Crippen LogP contribution < -0.4 is 10.1 Å². The minimum Gasteiger partial charge on any atom is -0.457 e. The molecular weight excluding hydrogens is 350 g/mol. The molecule has 0 heterocycles. The molecule has 0 bridgehead atoms. The molecule has 0 unspecified atom stereocenters. The molecule has 0 saturated heterocycles. The second-order valence-electron chi connectivity index (χ2n) is 9.09. The first-order valence-electron chi connectivity index (χ1n) is 9.64. The summed E-state index contributed by atoms with van der Waals surface area (Å²) in [7, 11) is 1.72. The quantitative estimate of drug-likeness (QED) is 0.665. The van der Waals surface area contributed by atoms with Gasteiger partial charge in [-0.3, -0.25) is 4.79 Å². The van der Waals surface area contributed by atoms with E-state index in [9.17, 15) is 4.79 Å². The fourth-order valence-electron chi connectivity index (χ4n) is 3.04. The molecule has 2 rings (SSSR count). The van der Waals surface area contributed by atoms with Gasteiger partial charge in [-0.15, -0.1) is 0 Å². The molecule has 0 saturated carbocycles. The highest BCUT2D eigenvalue weighted by Gasteiger charge is 2.22. The topological polar surface area (TPSA) is 47.6 Å². The summed E-state index contributed by atoms with van der Waals surface area (Å²) in [6, 6.07) is 12.0. The summed E-state index contributed by atoms with van der Waals surface area (Å²) < 4.78 is 11.5. The van der Waals surface area contributed by atoms with Gasteiger partial charge < -0.3 is 14.8 Å². The van der Waals surface area contributed by atoms with Crippen LogP contribution >= 0.6 is 0 Å². The summed E-state index contributed by atoms with van der Waals surface area (Å²) in [5.74, 6) is 1.60. The first-order valence-corrected chi connectivity index (χ1v) is 9.64. The summed E-state index contributed by atoms with van der Waals surface area (Å²) in [6.07, 6.45) is 0. The van der Waals surface area contributed by atoms with E-state index in [0.717, 1.165) is 28.3 Å². The van der Waals surface area contributed by atoms with E-state index in [-0.39, 0.29) is 11.3 Å². The lowest BCUT2D eigenvalue weighted by molar-refractivity contribution is -0.123. The second-order valence-corrected chi connectivity index (χ2v) is 9.09. The molecule has 0 aliphatic carbocycles. The number of carbonyl (C=O) groups is 1. The number of anilines is 1. The highest BCUT2D eigenvalue weighted by molar-refractivity contribution is 5.94. The normalized spacial score (nSPS) is 12.0. The number of hydrogen-bond donors (Lipinski definition) is 1. The fraction of sp³-hybridized carbons (Fsp3) is 0.458. The van der Waals surface area contributed by atoms with Crippen LogP contribution in [-0.4, -0.2) is 19.6 Å². The lowest BCUT2D eigenvalue weighted by atomic mass is 9.85. The van der Waals surface area contributed by atoms with Crippen molar-refractivity contribution in [2.45, 2.75) is 53.9 Å². The van der Waals surface area contributed by atoms with E-state index in [1.807, 2.05) is 58.9 Å². The zero-order valence-electron chi connectivity index (χ0n) is 18.4. The number of benzene rings is 2. The summed E-state index contributed by atoms with van der Waals surface area (Å²) >= 11 is 0. The fourth-order valence-corrected chi connectivity index (χ4v) is 3.04. The van der Waals surface area contributed by atoms with Crippen molar-refractivity contribution in [1.82, 2.24) is 0 Å². The largest absolute Gasteiger partial charge is 0.457 e. The predicted molar refractivity (Wildman–Crippen MR) is 115 cm³/mol. The third-order valence-electron chi connectivity index (χ3n) is 4.76. The van der Waals surface area contributed by atoms with Gasteiger partial charge in [0.2, 0.25) is 5.91 Å². The summed E-state index contributed by atoms with van der Waals surface area (Å²) in [5, 5.41) is 2.98. The number of methoxy groups -OCH3 is 1. The third kappa shape index (κ3) is 5.35. The Bertz CT molecular complexity index is 807. The van der Waals surface area contributed by atoms with Gasteiger partial charge >= 0.3 is 0 Å². The summed E-state index contributed by atoms with van der Waals surface area (Å²) in [5.41, 5.74) is 3.47. The minimum atomic E-state index is -0.435. The molecule has 4 nitrogen and oxygen atoms in total. The maximum absolute atomic E-state index is 12.2. The molecule has 0 atom stereocenters. The number of carbonyl (C=O) groups excluding carboxylic acids is 1. The van der Waals surface area contributed by atoms with E-state index in [0.29, 0.717) is 6.61 Å². The molecule has 1 amide bonds. The molecule has 2 aromatic carbocycles. The van der Waals surface area contributed by atoms with Crippen molar-refractivity contribution < 1.29 is 14.3 Å². The smallest absolute Gasteiger partial charge is 0.229 e. The zero-order chi connectivity index (χ0) is 21.1. The van der Waals surface area contributed by atoms with E-state index >= 15 is 0 Å². The number of ether oxygens (including phenoxy) is 2. The Labute approximate surface area is 169 Å². The highest BCUT2D eigenvalue weighted by atomic mass is 16.5. The molecule has 2 aromatic rings. The molecule has 4 heteroatoms. The Kier molecular flexibility index (Phi) is 6.56. The maximum atomic E-state index is 12.2. The summed E-state index contributed by atoms with van der Waals surface area (Å²) in [4.78, 5) is 12.2. The Morgan fingerprint density at radius 3 is 1.96 bits per heavy atom. The molecule has 0 radical (unpaired) electrons. The van der Waals surface area contributed by atoms with Crippen molar-refractivity contribution in [2.75, 3.05) is 19.0 Å². The lowest BCUT2D eigenvalue weighted by Crippen LogP contribution is -2.27. The van der Waals surface area contributed by atoms with Gasteiger partial charge in [0, 0.05) is 23.6 Å². The molecule has 0 aliphatic heterocycles. The van der Waals surface area contributed by atoms with Crippen molar-refractivity contribution in [2.24, 2.45) is 5.41 Å². The Balaban J connectivity index is 2.19. The van der Waals surface area contributed by atoms with Gasteiger partial charge in [-0.25, -0.2) is 0 Å². The lowest BCUT2D eigenvalue weighted by Gasteiger charge is -2.24. The van der Waals surface area contributed by atoms with Crippen LogP contribution in [0.4, 0.5) is 5.69 Å². The van der Waals surface area contributed by atoms with E-state index in [1.54, 1.807) is 7.11 Å². The predicted octanol–water partition coefficient (Wildman–Crippen LogP) is 6.00. The first-order chi connectivity index (χ1) is 12.9. The van der Waals surface area contributed by atoms with Crippen LogP contribution in [0.25, 0.3) is 0 Å². The monoisotopic (exact) mass is 383 g/mol. The van der Waals surface area contributed by atoms with Crippen molar-refractivity contribution in [3.05, 3.63) is 53.1 Å². The second kappa shape index (κ2) is 8.36. The van der Waals surface area contributed by atoms with E-state index in [4.69, 9.17) is 9.47 Å². The van der Waals surface area contributed by atoms with Crippen molar-refractivity contribution in [1.29, 1.82) is 0 Å². The van der Waals surface area contributed by atoms with Crippen LogP contribution in [0.5, 0.6) is 11.5 Å². The molecule has 1 N–H and O–H groups in total. The number of hydrogen-bond acceptors (Lipinski definition) is 3. The number of rotatable bonds is 6. The number of amides is 1. The average molecular weight is 384 g/mol.